The molecule has 0 radical (unpaired) electrons. The minimum absolute atomic E-state index is 0.126. The van der Waals surface area contributed by atoms with Gasteiger partial charge in [-0.25, -0.2) is 0 Å². The second-order valence-corrected chi connectivity index (χ2v) is 4.62. The minimum Gasteiger partial charge on any atom is -0.320 e. The van der Waals surface area contributed by atoms with Crippen molar-refractivity contribution in [2.24, 2.45) is 17.6 Å². The van der Waals surface area contributed by atoms with Crippen LogP contribution < -0.4 is 5.73 Å². The monoisotopic (exact) mass is 189 g/mol. The van der Waals surface area contributed by atoms with E-state index in [2.05, 4.69) is 9.97 Å². The van der Waals surface area contributed by atoms with E-state index < -0.39 is 0 Å². The third-order valence-corrected chi connectivity index (χ3v) is 3.86. The maximum absolute atomic E-state index is 6.36. The molecule has 2 unspecified atom stereocenters. The highest BCUT2D eigenvalue weighted by Crippen LogP contribution is 2.63. The van der Waals surface area contributed by atoms with Gasteiger partial charge in [-0.15, -0.1) is 0 Å². The Labute approximate surface area is 83.8 Å². The van der Waals surface area contributed by atoms with Gasteiger partial charge < -0.3 is 5.73 Å². The van der Waals surface area contributed by atoms with E-state index in [1.807, 2.05) is 19.3 Å². The molecule has 3 nitrogen and oxygen atoms in total. The first-order valence-corrected chi connectivity index (χ1v) is 5.31. The van der Waals surface area contributed by atoms with E-state index in [0.717, 1.165) is 11.4 Å². The van der Waals surface area contributed by atoms with Crippen molar-refractivity contribution in [3.63, 3.8) is 0 Å². The number of aromatic nitrogens is 2. The second kappa shape index (κ2) is 2.54. The van der Waals surface area contributed by atoms with Gasteiger partial charge in [-0.1, -0.05) is 6.42 Å². The van der Waals surface area contributed by atoms with E-state index >= 15 is 0 Å². The summed E-state index contributed by atoms with van der Waals surface area (Å²) in [5.41, 5.74) is 8.20. The second-order valence-electron chi connectivity index (χ2n) is 4.62. The standard InChI is InChI=1S/C11H15N3/c1-7-5-14-10(6-13-7)11(12)8-3-2-4-9(8)11/h5-6,8-9H,2-4,12H2,1H3. The van der Waals surface area contributed by atoms with Gasteiger partial charge >= 0.3 is 0 Å². The molecule has 1 heterocycles. The van der Waals surface area contributed by atoms with Crippen molar-refractivity contribution >= 4 is 0 Å². The molecule has 2 atom stereocenters. The first-order chi connectivity index (χ1) is 6.73. The van der Waals surface area contributed by atoms with Crippen LogP contribution in [0.1, 0.15) is 30.7 Å². The van der Waals surface area contributed by atoms with Crippen LogP contribution in [0.5, 0.6) is 0 Å². The van der Waals surface area contributed by atoms with Gasteiger partial charge in [0.2, 0.25) is 0 Å². The van der Waals surface area contributed by atoms with E-state index in [4.69, 9.17) is 5.73 Å². The number of nitrogens with zero attached hydrogens (tertiary/aromatic N) is 2. The highest BCUT2D eigenvalue weighted by atomic mass is 15.0. The summed E-state index contributed by atoms with van der Waals surface area (Å²) in [7, 11) is 0. The molecular weight excluding hydrogens is 174 g/mol. The lowest BCUT2D eigenvalue weighted by molar-refractivity contribution is 0.511. The van der Waals surface area contributed by atoms with Gasteiger partial charge in [0.15, 0.2) is 0 Å². The van der Waals surface area contributed by atoms with Crippen molar-refractivity contribution in [1.29, 1.82) is 0 Å². The van der Waals surface area contributed by atoms with Crippen molar-refractivity contribution in [3.8, 4) is 0 Å². The summed E-state index contributed by atoms with van der Waals surface area (Å²) in [6.07, 6.45) is 7.56. The van der Waals surface area contributed by atoms with Crippen LogP contribution in [0.25, 0.3) is 0 Å². The Balaban J connectivity index is 1.93. The highest BCUT2D eigenvalue weighted by molar-refractivity contribution is 5.29. The molecule has 0 aromatic carbocycles. The predicted octanol–water partition coefficient (Wildman–Crippen LogP) is 1.37. The van der Waals surface area contributed by atoms with Crippen molar-refractivity contribution in [3.05, 3.63) is 23.8 Å². The fraction of sp³-hybridized carbons (Fsp3) is 0.636. The first kappa shape index (κ1) is 8.36. The Kier molecular flexibility index (Phi) is 1.52. The Hall–Kier alpha value is -0.960. The van der Waals surface area contributed by atoms with Crippen LogP contribution in [0, 0.1) is 18.8 Å². The van der Waals surface area contributed by atoms with Crippen LogP contribution >= 0.6 is 0 Å². The van der Waals surface area contributed by atoms with Crippen LogP contribution in [0.3, 0.4) is 0 Å². The largest absolute Gasteiger partial charge is 0.320 e. The number of nitrogens with two attached hydrogens (primary N) is 1. The van der Waals surface area contributed by atoms with E-state index in [1.165, 1.54) is 19.3 Å². The van der Waals surface area contributed by atoms with Gasteiger partial charge in [0.1, 0.15) is 0 Å². The Morgan fingerprint density at radius 2 is 2.00 bits per heavy atom. The molecule has 2 N–H and O–H groups in total. The van der Waals surface area contributed by atoms with Gasteiger partial charge in [0.25, 0.3) is 0 Å². The molecule has 74 valence electrons. The lowest BCUT2D eigenvalue weighted by atomic mass is 10.0. The quantitative estimate of drug-likeness (QED) is 0.726. The summed E-state index contributed by atoms with van der Waals surface area (Å²) in [6, 6.07) is 0. The van der Waals surface area contributed by atoms with Gasteiger partial charge in [-0.3, -0.25) is 9.97 Å². The molecule has 1 aromatic rings. The molecule has 0 amide bonds. The Morgan fingerprint density at radius 3 is 2.57 bits per heavy atom. The van der Waals surface area contributed by atoms with Crippen molar-refractivity contribution < 1.29 is 0 Å². The average molecular weight is 189 g/mol. The fourth-order valence-electron chi connectivity index (χ4n) is 3.00. The molecule has 2 fully saturated rings. The van der Waals surface area contributed by atoms with Crippen molar-refractivity contribution in [2.75, 3.05) is 0 Å². The highest BCUT2D eigenvalue weighted by Gasteiger charge is 2.65. The van der Waals surface area contributed by atoms with Crippen molar-refractivity contribution in [2.45, 2.75) is 31.7 Å². The summed E-state index contributed by atoms with van der Waals surface area (Å²) in [6.45, 7) is 1.95. The number of hydrogen-bond donors (Lipinski definition) is 1. The van der Waals surface area contributed by atoms with Gasteiger partial charge in [0, 0.05) is 6.20 Å². The number of hydrogen-bond acceptors (Lipinski definition) is 3. The maximum Gasteiger partial charge on any atom is 0.0791 e. The molecule has 3 rings (SSSR count). The molecule has 2 saturated carbocycles. The molecule has 1 aromatic heterocycles. The zero-order valence-electron chi connectivity index (χ0n) is 8.40. The topological polar surface area (TPSA) is 51.8 Å². The smallest absolute Gasteiger partial charge is 0.0791 e. The third-order valence-electron chi connectivity index (χ3n) is 3.86. The number of fused-ring (bicyclic) bond motifs is 1. The molecule has 0 aliphatic heterocycles. The zero-order valence-corrected chi connectivity index (χ0v) is 8.40. The first-order valence-electron chi connectivity index (χ1n) is 5.31. The molecule has 2 aliphatic carbocycles. The lowest BCUT2D eigenvalue weighted by Gasteiger charge is -2.13. The summed E-state index contributed by atoms with van der Waals surface area (Å²) in [5.74, 6) is 1.36. The lowest BCUT2D eigenvalue weighted by Crippen LogP contribution is -2.27. The summed E-state index contributed by atoms with van der Waals surface area (Å²) < 4.78 is 0. The maximum atomic E-state index is 6.36. The Bertz CT molecular complexity index is 347. The third kappa shape index (κ3) is 0.906. The normalized spacial score (nSPS) is 39.6. The molecule has 0 saturated heterocycles. The molecule has 2 aliphatic rings. The summed E-state index contributed by atoms with van der Waals surface area (Å²) in [5, 5.41) is 0. The molecule has 0 bridgehead atoms. The summed E-state index contributed by atoms with van der Waals surface area (Å²) >= 11 is 0. The van der Waals surface area contributed by atoms with Gasteiger partial charge in [-0.05, 0) is 31.6 Å². The molecule has 3 heteroatoms. The molecular formula is C11H15N3. The van der Waals surface area contributed by atoms with Crippen molar-refractivity contribution in [1.82, 2.24) is 9.97 Å². The van der Waals surface area contributed by atoms with E-state index in [0.29, 0.717) is 11.8 Å². The minimum atomic E-state index is -0.126. The van der Waals surface area contributed by atoms with Gasteiger partial charge in [0.05, 0.1) is 23.1 Å². The average Bonchev–Trinajstić information content (AvgIpc) is 2.63. The van der Waals surface area contributed by atoms with E-state index in [-0.39, 0.29) is 5.54 Å². The van der Waals surface area contributed by atoms with E-state index in [9.17, 15) is 0 Å². The van der Waals surface area contributed by atoms with Crippen LogP contribution in [0.4, 0.5) is 0 Å². The number of aryl methyl sites for hydroxylation is 1. The zero-order chi connectivity index (χ0) is 9.76. The SMILES string of the molecule is Cc1cnc(C2(N)C3CCCC32)cn1. The van der Waals surface area contributed by atoms with Gasteiger partial charge in [-0.2, -0.15) is 0 Å². The van der Waals surface area contributed by atoms with Crippen LogP contribution in [-0.4, -0.2) is 9.97 Å². The van der Waals surface area contributed by atoms with Crippen LogP contribution in [-0.2, 0) is 5.54 Å². The predicted molar refractivity (Wildman–Crippen MR) is 53.5 cm³/mol. The number of rotatable bonds is 1. The molecule has 0 spiro atoms. The molecule has 14 heavy (non-hydrogen) atoms. The summed E-state index contributed by atoms with van der Waals surface area (Å²) in [4.78, 5) is 8.68. The fourth-order valence-corrected chi connectivity index (χ4v) is 3.00. The Morgan fingerprint density at radius 1 is 1.29 bits per heavy atom. The van der Waals surface area contributed by atoms with Crippen LogP contribution in [0.2, 0.25) is 0 Å². The van der Waals surface area contributed by atoms with E-state index in [1.54, 1.807) is 0 Å². The van der Waals surface area contributed by atoms with Crippen LogP contribution in [0.15, 0.2) is 12.4 Å².